The van der Waals surface area contributed by atoms with Gasteiger partial charge >= 0.3 is 0 Å². The van der Waals surface area contributed by atoms with E-state index in [1.165, 1.54) is 18.2 Å². The third-order valence-electron chi connectivity index (χ3n) is 5.50. The van der Waals surface area contributed by atoms with Crippen molar-refractivity contribution in [1.29, 1.82) is 5.41 Å². The summed E-state index contributed by atoms with van der Waals surface area (Å²) in [6.45, 7) is 1.57. The fourth-order valence-electron chi connectivity index (χ4n) is 3.83. The summed E-state index contributed by atoms with van der Waals surface area (Å²) >= 11 is 0. The minimum Gasteiger partial charge on any atom is -0.358 e. The van der Waals surface area contributed by atoms with E-state index in [0.717, 1.165) is 49.2 Å². The number of aromatic amines is 1. The number of aromatic nitrogens is 1. The summed E-state index contributed by atoms with van der Waals surface area (Å²) in [4.78, 5) is 5.52. The summed E-state index contributed by atoms with van der Waals surface area (Å²) in [5.74, 6) is -0.619. The molecule has 4 nitrogen and oxygen atoms in total. The van der Waals surface area contributed by atoms with E-state index in [9.17, 15) is 8.78 Å². The Balaban J connectivity index is 1.53. The average molecular weight is 358 g/mol. The van der Waals surface area contributed by atoms with Crippen LogP contribution < -0.4 is 5.32 Å². The molecule has 0 radical (unpaired) electrons. The first-order valence-corrected chi connectivity index (χ1v) is 9.20. The maximum atomic E-state index is 14.1. The third-order valence-corrected chi connectivity index (χ3v) is 5.50. The van der Waals surface area contributed by atoms with E-state index >= 15 is 0 Å². The van der Waals surface area contributed by atoms with Gasteiger partial charge in [0.25, 0.3) is 0 Å². The molecule has 0 bridgehead atoms. The smallest absolute Gasteiger partial charge is 0.135 e. The molecule has 1 unspecified atom stereocenters. The lowest BCUT2D eigenvalue weighted by Gasteiger charge is -2.34. The van der Waals surface area contributed by atoms with Crippen LogP contribution in [0.15, 0.2) is 24.3 Å². The fourth-order valence-corrected chi connectivity index (χ4v) is 3.83. The molecule has 2 aliphatic rings. The number of H-pyrrole nitrogens is 1. The maximum absolute atomic E-state index is 14.1. The van der Waals surface area contributed by atoms with Crippen molar-refractivity contribution in [2.45, 2.75) is 38.4 Å². The van der Waals surface area contributed by atoms with Crippen LogP contribution in [-0.4, -0.2) is 35.4 Å². The Morgan fingerprint density at radius 3 is 2.73 bits per heavy atom. The summed E-state index contributed by atoms with van der Waals surface area (Å²) in [6.07, 6.45) is 3.96. The van der Waals surface area contributed by atoms with Crippen LogP contribution in [0.25, 0.3) is 11.3 Å². The molecule has 1 saturated carbocycles. The molecule has 6 heteroatoms. The van der Waals surface area contributed by atoms with Crippen molar-refractivity contribution in [3.05, 3.63) is 47.2 Å². The van der Waals surface area contributed by atoms with Crippen molar-refractivity contribution in [2.24, 2.45) is 5.92 Å². The van der Waals surface area contributed by atoms with Gasteiger partial charge in [0, 0.05) is 37.3 Å². The SMILES string of the molecule is CNC(CC(=N)C1CC1)N1CCc2[nH]c(-c3c(F)cccc3F)cc2C1. The summed E-state index contributed by atoms with van der Waals surface area (Å²) in [7, 11) is 1.93. The van der Waals surface area contributed by atoms with Crippen molar-refractivity contribution in [3.8, 4) is 11.3 Å². The zero-order valence-electron chi connectivity index (χ0n) is 14.9. The van der Waals surface area contributed by atoms with Gasteiger partial charge in [0.1, 0.15) is 11.6 Å². The first-order valence-electron chi connectivity index (χ1n) is 9.20. The number of rotatable bonds is 6. The second-order valence-electron chi connectivity index (χ2n) is 7.31. The van der Waals surface area contributed by atoms with Crippen LogP contribution in [0, 0.1) is 23.0 Å². The monoisotopic (exact) mass is 358 g/mol. The van der Waals surface area contributed by atoms with Crippen molar-refractivity contribution >= 4 is 5.71 Å². The van der Waals surface area contributed by atoms with Crippen LogP contribution in [-0.2, 0) is 13.0 Å². The molecule has 1 aromatic carbocycles. The van der Waals surface area contributed by atoms with Gasteiger partial charge in [0.2, 0.25) is 0 Å². The molecule has 1 fully saturated rings. The second-order valence-corrected chi connectivity index (χ2v) is 7.31. The zero-order chi connectivity index (χ0) is 18.3. The number of hydrogen-bond acceptors (Lipinski definition) is 3. The highest BCUT2D eigenvalue weighted by Gasteiger charge is 2.31. The molecular formula is C20H24F2N4. The quantitative estimate of drug-likeness (QED) is 0.690. The van der Waals surface area contributed by atoms with Crippen molar-refractivity contribution < 1.29 is 8.78 Å². The van der Waals surface area contributed by atoms with Gasteiger partial charge in [-0.25, -0.2) is 8.78 Å². The molecular weight excluding hydrogens is 334 g/mol. The third kappa shape index (κ3) is 3.31. The molecule has 1 aromatic heterocycles. The van der Waals surface area contributed by atoms with Crippen LogP contribution >= 0.6 is 0 Å². The number of benzene rings is 1. The van der Waals surface area contributed by atoms with E-state index in [1.54, 1.807) is 0 Å². The van der Waals surface area contributed by atoms with E-state index in [1.807, 2.05) is 13.1 Å². The minimum absolute atomic E-state index is 0.00845. The second kappa shape index (κ2) is 6.93. The van der Waals surface area contributed by atoms with E-state index in [2.05, 4.69) is 15.2 Å². The van der Waals surface area contributed by atoms with Crippen molar-refractivity contribution in [2.75, 3.05) is 13.6 Å². The van der Waals surface area contributed by atoms with Gasteiger partial charge in [0.15, 0.2) is 0 Å². The Morgan fingerprint density at radius 2 is 2.08 bits per heavy atom. The van der Waals surface area contributed by atoms with E-state index in [-0.39, 0.29) is 11.7 Å². The number of halogens is 2. The Bertz CT molecular complexity index is 805. The summed E-state index contributed by atoms with van der Waals surface area (Å²) in [5, 5.41) is 11.5. The van der Waals surface area contributed by atoms with Gasteiger partial charge in [-0.1, -0.05) is 6.07 Å². The molecule has 4 rings (SSSR count). The van der Waals surface area contributed by atoms with E-state index in [0.29, 0.717) is 18.2 Å². The standard InChI is InChI=1S/C20H24F2N4/c1-24-19(10-16(23)12-5-6-12)26-8-7-17-13(11-26)9-18(25-17)20-14(21)3-2-4-15(20)22/h2-4,9,12,19,23-25H,5-8,10-11H2,1H3. The molecule has 1 aliphatic carbocycles. The Kier molecular flexibility index (Phi) is 4.63. The first kappa shape index (κ1) is 17.4. The Hall–Kier alpha value is -2.05. The lowest BCUT2D eigenvalue weighted by molar-refractivity contribution is 0.159. The predicted octanol–water partition coefficient (Wildman–Crippen LogP) is 3.68. The van der Waals surface area contributed by atoms with Gasteiger partial charge < -0.3 is 15.7 Å². The summed E-state index contributed by atoms with van der Waals surface area (Å²) < 4.78 is 28.2. The van der Waals surface area contributed by atoms with Gasteiger partial charge in [-0.05, 0) is 49.6 Å². The highest BCUT2D eigenvalue weighted by Crippen LogP contribution is 2.33. The Labute approximate surface area is 152 Å². The van der Waals surface area contributed by atoms with Crippen LogP contribution in [0.1, 0.15) is 30.5 Å². The first-order chi connectivity index (χ1) is 12.6. The lowest BCUT2D eigenvalue weighted by Crippen LogP contribution is -2.47. The molecule has 26 heavy (non-hydrogen) atoms. The topological polar surface area (TPSA) is 54.9 Å². The average Bonchev–Trinajstić information content (AvgIpc) is 3.39. The van der Waals surface area contributed by atoms with Gasteiger partial charge in [0.05, 0.1) is 17.4 Å². The Morgan fingerprint density at radius 1 is 1.35 bits per heavy atom. The highest BCUT2D eigenvalue weighted by atomic mass is 19.1. The molecule has 2 aromatic rings. The van der Waals surface area contributed by atoms with Crippen LogP contribution in [0.3, 0.4) is 0 Å². The molecule has 138 valence electrons. The fraction of sp³-hybridized carbons (Fsp3) is 0.450. The van der Waals surface area contributed by atoms with Gasteiger partial charge in [-0.3, -0.25) is 4.90 Å². The molecule has 2 heterocycles. The normalized spacial score (nSPS) is 18.6. The summed E-state index contributed by atoms with van der Waals surface area (Å²) in [6, 6.07) is 5.81. The van der Waals surface area contributed by atoms with Gasteiger partial charge in [-0.15, -0.1) is 0 Å². The maximum Gasteiger partial charge on any atom is 0.135 e. The van der Waals surface area contributed by atoms with Crippen molar-refractivity contribution in [1.82, 2.24) is 15.2 Å². The van der Waals surface area contributed by atoms with E-state index < -0.39 is 11.6 Å². The largest absolute Gasteiger partial charge is 0.358 e. The van der Waals surface area contributed by atoms with E-state index in [4.69, 9.17) is 5.41 Å². The van der Waals surface area contributed by atoms with Crippen LogP contribution in [0.2, 0.25) is 0 Å². The van der Waals surface area contributed by atoms with Crippen molar-refractivity contribution in [3.63, 3.8) is 0 Å². The molecule has 1 aliphatic heterocycles. The number of fused-ring (bicyclic) bond motifs is 1. The number of nitrogens with zero attached hydrogens (tertiary/aromatic N) is 1. The predicted molar refractivity (Wildman–Crippen MR) is 98.2 cm³/mol. The van der Waals surface area contributed by atoms with Crippen LogP contribution in [0.4, 0.5) is 8.78 Å². The van der Waals surface area contributed by atoms with Gasteiger partial charge in [-0.2, -0.15) is 0 Å². The molecule has 0 saturated heterocycles. The lowest BCUT2D eigenvalue weighted by atomic mass is 10.0. The number of hydrogen-bond donors (Lipinski definition) is 3. The van der Waals surface area contributed by atoms with Crippen LogP contribution in [0.5, 0.6) is 0 Å². The summed E-state index contributed by atoms with van der Waals surface area (Å²) in [5.41, 5.74) is 3.46. The minimum atomic E-state index is -0.550. The zero-order valence-corrected chi connectivity index (χ0v) is 14.9. The highest BCUT2D eigenvalue weighted by molar-refractivity contribution is 5.86. The molecule has 3 N–H and O–H groups in total. The molecule has 1 atom stereocenters. The molecule has 0 amide bonds. The number of nitrogens with one attached hydrogen (secondary N) is 3. The molecule has 0 spiro atoms.